The lowest BCUT2D eigenvalue weighted by molar-refractivity contribution is -0.128. The van der Waals surface area contributed by atoms with Gasteiger partial charge in [0.2, 0.25) is 5.91 Å². The second-order valence-electron chi connectivity index (χ2n) is 3.98. The molecule has 0 radical (unpaired) electrons. The zero-order valence-electron chi connectivity index (χ0n) is 8.90. The number of likely N-dealkylation sites (tertiary alicyclic amines) is 1. The van der Waals surface area contributed by atoms with Crippen molar-refractivity contribution >= 4 is 21.8 Å². The SMILES string of the molecule is O=C1CCCN1CC(O)c1ccccc1Br. The lowest BCUT2D eigenvalue weighted by atomic mass is 10.1. The van der Waals surface area contributed by atoms with E-state index in [1.807, 2.05) is 24.3 Å². The number of amides is 1. The Labute approximate surface area is 103 Å². The van der Waals surface area contributed by atoms with Gasteiger partial charge in [0.05, 0.1) is 12.6 Å². The van der Waals surface area contributed by atoms with Gasteiger partial charge in [0, 0.05) is 17.4 Å². The van der Waals surface area contributed by atoms with Crippen LogP contribution in [-0.4, -0.2) is 29.0 Å². The number of carbonyl (C=O) groups is 1. The molecular formula is C12H14BrNO2. The number of hydrogen-bond acceptors (Lipinski definition) is 2. The summed E-state index contributed by atoms with van der Waals surface area (Å²) in [7, 11) is 0. The molecule has 1 aliphatic heterocycles. The number of nitrogens with zero attached hydrogens (tertiary/aromatic N) is 1. The summed E-state index contributed by atoms with van der Waals surface area (Å²) in [5, 5.41) is 10.1. The van der Waals surface area contributed by atoms with Crippen molar-refractivity contribution in [1.29, 1.82) is 0 Å². The lowest BCUT2D eigenvalue weighted by Crippen LogP contribution is -2.29. The Balaban J connectivity index is 2.05. The summed E-state index contributed by atoms with van der Waals surface area (Å²) >= 11 is 3.40. The average Bonchev–Trinajstić information content (AvgIpc) is 2.65. The van der Waals surface area contributed by atoms with Crippen LogP contribution < -0.4 is 0 Å². The van der Waals surface area contributed by atoms with Gasteiger partial charge in [0.1, 0.15) is 0 Å². The van der Waals surface area contributed by atoms with Gasteiger partial charge in [-0.3, -0.25) is 4.79 Å². The standard InChI is InChI=1S/C12H14BrNO2/c13-10-5-2-1-4-9(10)11(15)8-14-7-3-6-12(14)16/h1-2,4-5,11,15H,3,6-8H2. The predicted octanol–water partition coefficient (Wildman–Crippen LogP) is 2.10. The molecule has 0 aromatic heterocycles. The first-order valence-electron chi connectivity index (χ1n) is 5.39. The van der Waals surface area contributed by atoms with Crippen molar-refractivity contribution in [3.63, 3.8) is 0 Å². The maximum Gasteiger partial charge on any atom is 0.222 e. The highest BCUT2D eigenvalue weighted by Gasteiger charge is 2.23. The van der Waals surface area contributed by atoms with Gasteiger partial charge in [0.15, 0.2) is 0 Å². The largest absolute Gasteiger partial charge is 0.387 e. The van der Waals surface area contributed by atoms with E-state index in [1.54, 1.807) is 4.90 Å². The molecule has 3 nitrogen and oxygen atoms in total. The minimum absolute atomic E-state index is 0.145. The highest BCUT2D eigenvalue weighted by Crippen LogP contribution is 2.24. The van der Waals surface area contributed by atoms with Crippen LogP contribution in [0.25, 0.3) is 0 Å². The van der Waals surface area contributed by atoms with Crippen LogP contribution in [-0.2, 0) is 4.79 Å². The van der Waals surface area contributed by atoms with Crippen LogP contribution in [0.1, 0.15) is 24.5 Å². The number of halogens is 1. The van der Waals surface area contributed by atoms with Crippen LogP contribution in [0, 0.1) is 0 Å². The van der Waals surface area contributed by atoms with E-state index >= 15 is 0 Å². The molecule has 0 aliphatic carbocycles. The Kier molecular flexibility index (Phi) is 3.61. The van der Waals surface area contributed by atoms with Crippen molar-refractivity contribution in [2.45, 2.75) is 18.9 Å². The Hall–Kier alpha value is -0.870. The van der Waals surface area contributed by atoms with E-state index in [-0.39, 0.29) is 5.91 Å². The van der Waals surface area contributed by atoms with E-state index < -0.39 is 6.10 Å². The highest BCUT2D eigenvalue weighted by atomic mass is 79.9. The first-order chi connectivity index (χ1) is 7.68. The Morgan fingerprint density at radius 3 is 2.81 bits per heavy atom. The number of β-amino-alcohol motifs (C(OH)–C–C–N with tert-alkyl or cyclic N) is 1. The van der Waals surface area contributed by atoms with Gasteiger partial charge >= 0.3 is 0 Å². The van der Waals surface area contributed by atoms with Crippen molar-refractivity contribution in [3.8, 4) is 0 Å². The molecule has 1 aromatic carbocycles. The smallest absolute Gasteiger partial charge is 0.222 e. The van der Waals surface area contributed by atoms with Gasteiger partial charge in [-0.25, -0.2) is 0 Å². The van der Waals surface area contributed by atoms with E-state index in [4.69, 9.17) is 0 Å². The van der Waals surface area contributed by atoms with Crippen molar-refractivity contribution in [1.82, 2.24) is 4.90 Å². The Morgan fingerprint density at radius 2 is 2.19 bits per heavy atom. The van der Waals surface area contributed by atoms with Crippen molar-refractivity contribution in [2.75, 3.05) is 13.1 Å². The van der Waals surface area contributed by atoms with Gasteiger partial charge in [0.25, 0.3) is 0 Å². The molecule has 2 rings (SSSR count). The topological polar surface area (TPSA) is 40.5 Å². The number of aliphatic hydroxyl groups excluding tert-OH is 1. The molecule has 16 heavy (non-hydrogen) atoms. The molecule has 86 valence electrons. The summed E-state index contributed by atoms with van der Waals surface area (Å²) in [6.45, 7) is 1.15. The zero-order chi connectivity index (χ0) is 11.5. The molecule has 1 fully saturated rings. The normalized spacial score (nSPS) is 17.9. The Bertz CT molecular complexity index is 394. The summed E-state index contributed by atoms with van der Waals surface area (Å²) < 4.78 is 0.883. The quantitative estimate of drug-likeness (QED) is 0.923. The first kappa shape index (κ1) is 11.6. The van der Waals surface area contributed by atoms with E-state index in [0.717, 1.165) is 23.0 Å². The van der Waals surface area contributed by atoms with Crippen LogP contribution in [0.15, 0.2) is 28.7 Å². The number of hydrogen-bond donors (Lipinski definition) is 1. The minimum Gasteiger partial charge on any atom is -0.387 e. The predicted molar refractivity (Wildman–Crippen MR) is 64.9 cm³/mol. The highest BCUT2D eigenvalue weighted by molar-refractivity contribution is 9.10. The fraction of sp³-hybridized carbons (Fsp3) is 0.417. The molecular weight excluding hydrogens is 270 g/mol. The second kappa shape index (κ2) is 4.97. The summed E-state index contributed by atoms with van der Waals surface area (Å²) in [5.74, 6) is 0.145. The minimum atomic E-state index is -0.613. The van der Waals surface area contributed by atoms with E-state index in [0.29, 0.717) is 13.0 Å². The molecule has 1 aliphatic rings. The molecule has 1 atom stereocenters. The molecule has 1 heterocycles. The summed E-state index contributed by atoms with van der Waals surface area (Å²) in [6.07, 6.45) is 0.905. The van der Waals surface area contributed by atoms with E-state index in [2.05, 4.69) is 15.9 Å². The number of carbonyl (C=O) groups excluding carboxylic acids is 1. The second-order valence-corrected chi connectivity index (χ2v) is 4.83. The Morgan fingerprint density at radius 1 is 1.44 bits per heavy atom. The van der Waals surface area contributed by atoms with Gasteiger partial charge in [-0.2, -0.15) is 0 Å². The van der Waals surface area contributed by atoms with Crippen molar-refractivity contribution < 1.29 is 9.90 Å². The maximum atomic E-state index is 11.4. The van der Waals surface area contributed by atoms with Gasteiger partial charge < -0.3 is 10.0 Å². The summed E-state index contributed by atoms with van der Waals surface area (Å²) in [5.41, 5.74) is 0.835. The fourth-order valence-corrected chi connectivity index (χ4v) is 2.50. The van der Waals surface area contributed by atoms with Crippen molar-refractivity contribution in [2.24, 2.45) is 0 Å². The van der Waals surface area contributed by atoms with Crippen LogP contribution >= 0.6 is 15.9 Å². The van der Waals surface area contributed by atoms with Gasteiger partial charge in [-0.05, 0) is 18.1 Å². The third-order valence-corrected chi connectivity index (χ3v) is 3.55. The monoisotopic (exact) mass is 283 g/mol. The molecule has 0 saturated carbocycles. The van der Waals surface area contributed by atoms with Gasteiger partial charge in [-0.15, -0.1) is 0 Å². The average molecular weight is 284 g/mol. The summed E-state index contributed by atoms with van der Waals surface area (Å²) in [4.78, 5) is 13.2. The molecule has 0 bridgehead atoms. The molecule has 1 N–H and O–H groups in total. The third-order valence-electron chi connectivity index (χ3n) is 2.83. The van der Waals surface area contributed by atoms with Crippen molar-refractivity contribution in [3.05, 3.63) is 34.3 Å². The molecule has 4 heteroatoms. The summed E-state index contributed by atoms with van der Waals surface area (Å²) in [6, 6.07) is 7.55. The maximum absolute atomic E-state index is 11.4. The molecule has 1 unspecified atom stereocenters. The van der Waals surface area contributed by atoms with E-state index in [1.165, 1.54) is 0 Å². The van der Waals surface area contributed by atoms with Crippen LogP contribution in [0.3, 0.4) is 0 Å². The lowest BCUT2D eigenvalue weighted by Gasteiger charge is -2.20. The number of rotatable bonds is 3. The molecule has 0 spiro atoms. The van der Waals surface area contributed by atoms with Gasteiger partial charge in [-0.1, -0.05) is 34.1 Å². The zero-order valence-corrected chi connectivity index (χ0v) is 10.5. The van der Waals surface area contributed by atoms with Crippen LogP contribution in [0.4, 0.5) is 0 Å². The first-order valence-corrected chi connectivity index (χ1v) is 6.18. The molecule has 1 aromatic rings. The number of aliphatic hydroxyl groups is 1. The van der Waals surface area contributed by atoms with Crippen LogP contribution in [0.5, 0.6) is 0 Å². The molecule has 1 amide bonds. The fourth-order valence-electron chi connectivity index (χ4n) is 1.95. The molecule has 1 saturated heterocycles. The third kappa shape index (κ3) is 2.44. The number of benzene rings is 1. The van der Waals surface area contributed by atoms with Crippen LogP contribution in [0.2, 0.25) is 0 Å². The van der Waals surface area contributed by atoms with E-state index in [9.17, 15) is 9.90 Å².